The Morgan fingerprint density at radius 3 is 2.43 bits per heavy atom. The van der Waals surface area contributed by atoms with E-state index in [4.69, 9.17) is 16.3 Å². The van der Waals surface area contributed by atoms with Crippen LogP contribution in [0.2, 0.25) is 5.02 Å². The number of hydrogen-bond donors (Lipinski definition) is 1. The summed E-state index contributed by atoms with van der Waals surface area (Å²) in [6.45, 7) is 7.82. The molecule has 1 N–H and O–H groups in total. The Balaban J connectivity index is 2.24. The fraction of sp³-hybridized carbons (Fsp3) is 0.500. The van der Waals surface area contributed by atoms with Gasteiger partial charge in [-0.05, 0) is 32.8 Å². The van der Waals surface area contributed by atoms with Gasteiger partial charge < -0.3 is 15.0 Å². The minimum Gasteiger partial charge on any atom is -0.462 e. The predicted octanol–water partition coefficient (Wildman–Crippen LogP) is 3.82. The molecule has 0 saturated carbocycles. The number of rotatable bonds is 8. The maximum absolute atomic E-state index is 12.6. The van der Waals surface area contributed by atoms with E-state index in [0.717, 1.165) is 17.0 Å². The summed E-state index contributed by atoms with van der Waals surface area (Å²) in [5, 5.41) is 7.98. The van der Waals surface area contributed by atoms with Gasteiger partial charge in [-0.3, -0.25) is 14.3 Å². The van der Waals surface area contributed by atoms with Crippen molar-refractivity contribution in [3.63, 3.8) is 0 Å². The van der Waals surface area contributed by atoms with Gasteiger partial charge in [0.25, 0.3) is 5.91 Å². The van der Waals surface area contributed by atoms with Crippen LogP contribution in [-0.2, 0) is 16.1 Å². The molecular weight excluding hydrogens is 428 g/mol. The molecule has 0 radical (unpaired) electrons. The zero-order valence-electron chi connectivity index (χ0n) is 18.1. The van der Waals surface area contributed by atoms with Gasteiger partial charge in [0.05, 0.1) is 40.0 Å². The van der Waals surface area contributed by atoms with Gasteiger partial charge in [0.2, 0.25) is 5.91 Å². The first-order valence-corrected chi connectivity index (χ1v) is 10.8. The van der Waals surface area contributed by atoms with Crippen LogP contribution in [0, 0.1) is 20.8 Å². The van der Waals surface area contributed by atoms with Crippen molar-refractivity contribution in [3.8, 4) is 0 Å². The molecule has 2 heterocycles. The summed E-state index contributed by atoms with van der Waals surface area (Å²) in [7, 11) is 3.27. The monoisotopic (exact) mass is 454 g/mol. The Kier molecular flexibility index (Phi) is 8.03. The summed E-state index contributed by atoms with van der Waals surface area (Å²) in [4.78, 5) is 39.5. The minimum atomic E-state index is -0.552. The average Bonchev–Trinajstić information content (AvgIpc) is 3.14. The lowest BCUT2D eigenvalue weighted by Gasteiger charge is -2.09. The van der Waals surface area contributed by atoms with Crippen LogP contribution >= 0.6 is 22.9 Å². The number of halogens is 1. The molecule has 8 nitrogen and oxygen atoms in total. The first kappa shape index (κ1) is 23.9. The van der Waals surface area contributed by atoms with Crippen LogP contribution in [0.15, 0.2) is 0 Å². The smallest absolute Gasteiger partial charge is 0.341 e. The van der Waals surface area contributed by atoms with Crippen LogP contribution in [0.5, 0.6) is 0 Å². The maximum atomic E-state index is 12.6. The molecule has 0 spiro atoms. The van der Waals surface area contributed by atoms with Crippen molar-refractivity contribution < 1.29 is 19.1 Å². The van der Waals surface area contributed by atoms with Gasteiger partial charge >= 0.3 is 5.97 Å². The molecule has 164 valence electrons. The lowest BCUT2D eigenvalue weighted by molar-refractivity contribution is -0.116. The molecule has 2 amide bonds. The van der Waals surface area contributed by atoms with Gasteiger partial charge in [-0.25, -0.2) is 4.79 Å². The molecule has 2 aromatic rings. The third-order valence-corrected chi connectivity index (χ3v) is 6.23. The molecule has 10 heteroatoms. The molecular formula is C20H27ClN4O4S. The Labute approximate surface area is 185 Å². The second kappa shape index (κ2) is 10.1. The van der Waals surface area contributed by atoms with E-state index in [1.807, 2.05) is 13.8 Å². The first-order valence-electron chi connectivity index (χ1n) is 9.59. The van der Waals surface area contributed by atoms with Crippen LogP contribution in [-0.4, -0.2) is 53.2 Å². The molecule has 30 heavy (non-hydrogen) atoms. The van der Waals surface area contributed by atoms with Gasteiger partial charge in [-0.15, -0.1) is 11.3 Å². The van der Waals surface area contributed by atoms with E-state index >= 15 is 0 Å². The average molecular weight is 455 g/mol. The number of carbonyl (C=O) groups is 3. The van der Waals surface area contributed by atoms with E-state index in [1.165, 1.54) is 4.90 Å². The van der Waals surface area contributed by atoms with Gasteiger partial charge in [-0.1, -0.05) is 18.5 Å². The molecule has 0 fully saturated rings. The second-order valence-corrected chi connectivity index (χ2v) is 8.50. The predicted molar refractivity (Wildman–Crippen MR) is 118 cm³/mol. The van der Waals surface area contributed by atoms with Crippen molar-refractivity contribution in [3.05, 3.63) is 32.4 Å². The number of ether oxygens (including phenoxy) is 1. The Bertz CT molecular complexity index is 965. The molecule has 2 rings (SSSR count). The normalized spacial score (nSPS) is 10.8. The summed E-state index contributed by atoms with van der Waals surface area (Å²) >= 11 is 7.22. The number of carbonyl (C=O) groups excluding carboxylic acids is 3. The van der Waals surface area contributed by atoms with Crippen LogP contribution in [0.25, 0.3) is 0 Å². The number of anilines is 1. The maximum Gasteiger partial charge on any atom is 0.341 e. The lowest BCUT2D eigenvalue weighted by Crippen LogP contribution is -2.21. The third-order valence-electron chi connectivity index (χ3n) is 4.49. The Hall–Kier alpha value is -2.39. The fourth-order valence-electron chi connectivity index (χ4n) is 2.81. The van der Waals surface area contributed by atoms with Gasteiger partial charge in [0.1, 0.15) is 5.00 Å². The summed E-state index contributed by atoms with van der Waals surface area (Å²) < 4.78 is 6.93. The number of amides is 2. The third kappa shape index (κ3) is 5.20. The minimum absolute atomic E-state index is 0.135. The summed E-state index contributed by atoms with van der Waals surface area (Å²) in [6, 6.07) is 0. The molecule has 0 atom stereocenters. The van der Waals surface area contributed by atoms with Gasteiger partial charge in [-0.2, -0.15) is 5.10 Å². The highest BCUT2D eigenvalue weighted by molar-refractivity contribution is 7.18. The number of aryl methyl sites for hydroxylation is 2. The fourth-order valence-corrected chi connectivity index (χ4v) is 4.18. The zero-order valence-corrected chi connectivity index (χ0v) is 19.7. The number of thiophene rings is 1. The summed E-state index contributed by atoms with van der Waals surface area (Å²) in [5.41, 5.74) is 2.22. The van der Waals surface area contributed by atoms with Crippen molar-refractivity contribution in [2.24, 2.45) is 0 Å². The zero-order chi connectivity index (χ0) is 22.6. The largest absolute Gasteiger partial charge is 0.462 e. The van der Waals surface area contributed by atoms with E-state index in [-0.39, 0.29) is 30.4 Å². The second-order valence-electron chi connectivity index (χ2n) is 7.10. The van der Waals surface area contributed by atoms with Crippen molar-refractivity contribution in [2.75, 3.05) is 26.0 Å². The van der Waals surface area contributed by atoms with Crippen LogP contribution < -0.4 is 5.32 Å². The standard InChI is InChI=1S/C20H27ClN4O4S/c1-7-10-29-20(28)15-11(2)17(19(27)24(5)6)30-18(15)22-14(26)8-9-25-13(4)16(21)12(3)23-25/h7-10H2,1-6H3,(H,22,26). The summed E-state index contributed by atoms with van der Waals surface area (Å²) in [5.74, 6) is -1.09. The lowest BCUT2D eigenvalue weighted by atomic mass is 10.1. The Morgan fingerprint density at radius 2 is 1.90 bits per heavy atom. The van der Waals surface area contributed by atoms with Crippen LogP contribution in [0.3, 0.4) is 0 Å². The van der Waals surface area contributed by atoms with Crippen LogP contribution in [0.4, 0.5) is 5.00 Å². The highest BCUT2D eigenvalue weighted by atomic mass is 35.5. The number of esters is 1. The Morgan fingerprint density at radius 1 is 1.23 bits per heavy atom. The quantitative estimate of drug-likeness (QED) is 0.612. The SMILES string of the molecule is CCCOC(=O)c1c(NC(=O)CCn2nc(C)c(Cl)c2C)sc(C(=O)N(C)C)c1C. The van der Waals surface area contributed by atoms with Crippen molar-refractivity contribution in [1.29, 1.82) is 0 Å². The first-order chi connectivity index (χ1) is 14.1. The van der Waals surface area contributed by atoms with E-state index < -0.39 is 5.97 Å². The molecule has 0 aromatic carbocycles. The van der Waals surface area contributed by atoms with E-state index in [9.17, 15) is 14.4 Å². The van der Waals surface area contributed by atoms with E-state index in [0.29, 0.717) is 39.1 Å². The number of nitrogens with zero attached hydrogens (tertiary/aromatic N) is 3. The summed E-state index contributed by atoms with van der Waals surface area (Å²) in [6.07, 6.45) is 0.806. The van der Waals surface area contributed by atoms with E-state index in [1.54, 1.807) is 32.6 Å². The topological polar surface area (TPSA) is 93.5 Å². The molecule has 0 unspecified atom stereocenters. The molecule has 0 aliphatic carbocycles. The molecule has 0 bridgehead atoms. The highest BCUT2D eigenvalue weighted by Crippen LogP contribution is 2.34. The number of aromatic nitrogens is 2. The van der Waals surface area contributed by atoms with Crippen molar-refractivity contribution in [1.82, 2.24) is 14.7 Å². The number of hydrogen-bond acceptors (Lipinski definition) is 6. The van der Waals surface area contributed by atoms with E-state index in [2.05, 4.69) is 10.4 Å². The van der Waals surface area contributed by atoms with Crippen molar-refractivity contribution >= 4 is 45.7 Å². The molecule has 0 aliphatic heterocycles. The van der Waals surface area contributed by atoms with Gasteiger partial charge in [0, 0.05) is 20.5 Å². The van der Waals surface area contributed by atoms with Crippen molar-refractivity contribution in [2.45, 2.75) is 47.1 Å². The molecule has 2 aromatic heterocycles. The highest BCUT2D eigenvalue weighted by Gasteiger charge is 2.27. The van der Waals surface area contributed by atoms with Crippen LogP contribution in [0.1, 0.15) is 56.7 Å². The van der Waals surface area contributed by atoms with Gasteiger partial charge in [0.15, 0.2) is 0 Å². The molecule has 0 saturated heterocycles. The number of nitrogens with one attached hydrogen (secondary N) is 1. The molecule has 0 aliphatic rings.